The van der Waals surface area contributed by atoms with Gasteiger partial charge in [0.05, 0.1) is 18.1 Å². The first-order valence-electron chi connectivity index (χ1n) is 7.47. The van der Waals surface area contributed by atoms with Crippen LogP contribution in [-0.2, 0) is 13.6 Å². The van der Waals surface area contributed by atoms with E-state index >= 15 is 0 Å². The van der Waals surface area contributed by atoms with Crippen LogP contribution < -0.4 is 10.1 Å². The van der Waals surface area contributed by atoms with Crippen LogP contribution in [0.1, 0.15) is 5.69 Å². The van der Waals surface area contributed by atoms with Crippen molar-refractivity contribution in [1.29, 1.82) is 0 Å². The van der Waals surface area contributed by atoms with Crippen LogP contribution in [0.5, 0.6) is 5.88 Å². The van der Waals surface area contributed by atoms with Gasteiger partial charge in [-0.05, 0) is 18.2 Å². The summed E-state index contributed by atoms with van der Waals surface area (Å²) in [6, 6.07) is 5.45. The Hall–Kier alpha value is -1.92. The third kappa shape index (κ3) is 5.04. The lowest BCUT2D eigenvalue weighted by Crippen LogP contribution is -2.40. The highest BCUT2D eigenvalue weighted by molar-refractivity contribution is 6.31. The molecule has 2 aromatic rings. The fourth-order valence-corrected chi connectivity index (χ4v) is 2.66. The maximum Gasteiger partial charge on any atom is 0.232 e. The number of pyridine rings is 1. The maximum atomic E-state index is 6.02. The second-order valence-electron chi connectivity index (χ2n) is 5.23. The monoisotopic (exact) mass is 369 g/mol. The molecule has 0 aliphatic heterocycles. The molecular formula is C16H21Cl2N5O. The summed E-state index contributed by atoms with van der Waals surface area (Å²) in [5, 5.41) is 4.47. The van der Waals surface area contributed by atoms with Crippen LogP contribution in [0.3, 0.4) is 0 Å². The molecule has 0 aromatic carbocycles. The lowest BCUT2D eigenvalue weighted by molar-refractivity contribution is 0.307. The number of aliphatic imine (C=N–C) groups is 1. The number of aryl methyl sites for hydroxylation is 1. The van der Waals surface area contributed by atoms with Crippen LogP contribution in [0, 0.1) is 0 Å². The molecule has 2 aromatic heterocycles. The number of rotatable bonds is 6. The van der Waals surface area contributed by atoms with E-state index in [4.69, 9.17) is 27.9 Å². The van der Waals surface area contributed by atoms with Crippen molar-refractivity contribution in [2.24, 2.45) is 12.0 Å². The number of hydrogen-bond donors (Lipinski definition) is 1. The van der Waals surface area contributed by atoms with E-state index < -0.39 is 0 Å². The van der Waals surface area contributed by atoms with Crippen LogP contribution in [0.15, 0.2) is 35.6 Å². The molecule has 0 bridgehead atoms. The van der Waals surface area contributed by atoms with Gasteiger partial charge in [0.15, 0.2) is 5.96 Å². The van der Waals surface area contributed by atoms with Crippen molar-refractivity contribution in [1.82, 2.24) is 19.8 Å². The van der Waals surface area contributed by atoms with Crippen molar-refractivity contribution >= 4 is 29.2 Å². The van der Waals surface area contributed by atoms with Gasteiger partial charge >= 0.3 is 0 Å². The number of nitrogens with zero attached hydrogens (tertiary/aromatic N) is 4. The average Bonchev–Trinajstić information content (AvgIpc) is 2.86. The summed E-state index contributed by atoms with van der Waals surface area (Å²) < 4.78 is 7.55. The number of halogens is 2. The summed E-state index contributed by atoms with van der Waals surface area (Å²) in [6.45, 7) is 1.70. The number of ether oxygens (including phenoxy) is 1. The first kappa shape index (κ1) is 18.4. The molecule has 1 N–H and O–H groups in total. The molecule has 0 aliphatic carbocycles. The Labute approximate surface area is 152 Å². The molecule has 0 unspecified atom stereocenters. The van der Waals surface area contributed by atoms with Crippen molar-refractivity contribution in [3.8, 4) is 5.88 Å². The lowest BCUT2D eigenvalue weighted by Gasteiger charge is -2.22. The first-order valence-corrected chi connectivity index (χ1v) is 8.22. The maximum absolute atomic E-state index is 6.02. The van der Waals surface area contributed by atoms with Crippen molar-refractivity contribution in [2.45, 2.75) is 6.54 Å². The third-order valence-corrected chi connectivity index (χ3v) is 3.89. The van der Waals surface area contributed by atoms with Gasteiger partial charge in [-0.1, -0.05) is 23.2 Å². The van der Waals surface area contributed by atoms with Crippen LogP contribution in [0.4, 0.5) is 0 Å². The van der Waals surface area contributed by atoms with Crippen molar-refractivity contribution in [3.05, 3.63) is 46.3 Å². The standard InChI is InChI=1S/C16H21Cl2N5O/c1-19-16(23(3)11-13-9-12(17)10-22(13)2)21-7-8-24-15-14(18)5-4-6-20-15/h4-6,9-10H,7-8,11H2,1-3H3,(H,19,21). The molecule has 2 heterocycles. The summed E-state index contributed by atoms with van der Waals surface area (Å²) >= 11 is 12.0. The fraction of sp³-hybridized carbons (Fsp3) is 0.375. The molecule has 0 spiro atoms. The van der Waals surface area contributed by atoms with Crippen LogP contribution in [0.25, 0.3) is 0 Å². The summed E-state index contributed by atoms with van der Waals surface area (Å²) in [5.74, 6) is 1.20. The van der Waals surface area contributed by atoms with E-state index in [0.717, 1.165) is 16.7 Å². The van der Waals surface area contributed by atoms with Crippen LogP contribution >= 0.6 is 23.2 Å². The second-order valence-corrected chi connectivity index (χ2v) is 6.07. The molecule has 130 valence electrons. The van der Waals surface area contributed by atoms with Gasteiger partial charge in [0.25, 0.3) is 0 Å². The van der Waals surface area contributed by atoms with E-state index in [1.807, 2.05) is 35.8 Å². The Bertz CT molecular complexity index is 702. The van der Waals surface area contributed by atoms with Crippen LogP contribution in [0.2, 0.25) is 10.0 Å². The number of hydrogen-bond acceptors (Lipinski definition) is 3. The lowest BCUT2D eigenvalue weighted by atomic mass is 10.4. The Kier molecular flexibility index (Phi) is 6.75. The zero-order chi connectivity index (χ0) is 17.5. The van der Waals surface area contributed by atoms with E-state index in [0.29, 0.717) is 30.6 Å². The molecule has 0 saturated carbocycles. The smallest absolute Gasteiger partial charge is 0.232 e. The van der Waals surface area contributed by atoms with Crippen molar-refractivity contribution in [3.63, 3.8) is 0 Å². The SMILES string of the molecule is CN=C(NCCOc1ncccc1Cl)N(C)Cc1cc(Cl)cn1C. The van der Waals surface area contributed by atoms with E-state index in [1.165, 1.54) is 0 Å². The molecule has 0 atom stereocenters. The summed E-state index contributed by atoms with van der Waals surface area (Å²) in [4.78, 5) is 10.4. The molecule has 0 aliphatic rings. The van der Waals surface area contributed by atoms with Crippen molar-refractivity contribution < 1.29 is 4.74 Å². The van der Waals surface area contributed by atoms with Gasteiger partial charge in [0, 0.05) is 39.2 Å². The molecule has 6 nitrogen and oxygen atoms in total. The quantitative estimate of drug-likeness (QED) is 0.483. The highest BCUT2D eigenvalue weighted by atomic mass is 35.5. The zero-order valence-electron chi connectivity index (χ0n) is 14.0. The van der Waals surface area contributed by atoms with Gasteiger partial charge in [-0.2, -0.15) is 0 Å². The van der Waals surface area contributed by atoms with Gasteiger partial charge in [-0.15, -0.1) is 0 Å². The van der Waals surface area contributed by atoms with E-state index in [9.17, 15) is 0 Å². The first-order chi connectivity index (χ1) is 11.5. The average molecular weight is 370 g/mol. The molecule has 2 rings (SSSR count). The summed E-state index contributed by atoms with van der Waals surface area (Å²) in [7, 11) is 5.68. The zero-order valence-corrected chi connectivity index (χ0v) is 15.5. The van der Waals surface area contributed by atoms with E-state index in [-0.39, 0.29) is 0 Å². The molecular weight excluding hydrogens is 349 g/mol. The third-order valence-electron chi connectivity index (χ3n) is 3.40. The summed E-state index contributed by atoms with van der Waals surface area (Å²) in [6.07, 6.45) is 3.53. The summed E-state index contributed by atoms with van der Waals surface area (Å²) in [5.41, 5.74) is 1.10. The van der Waals surface area contributed by atoms with E-state index in [1.54, 1.807) is 25.4 Å². The predicted molar refractivity (Wildman–Crippen MR) is 98.0 cm³/mol. The minimum atomic E-state index is 0.430. The van der Waals surface area contributed by atoms with Crippen molar-refractivity contribution in [2.75, 3.05) is 27.2 Å². The fourth-order valence-electron chi connectivity index (χ4n) is 2.21. The van der Waals surface area contributed by atoms with Gasteiger partial charge in [-0.3, -0.25) is 4.99 Å². The second kappa shape index (κ2) is 8.80. The molecule has 0 amide bonds. The van der Waals surface area contributed by atoms with Crippen LogP contribution in [-0.4, -0.2) is 47.7 Å². The molecule has 0 fully saturated rings. The van der Waals surface area contributed by atoms with Gasteiger partial charge in [-0.25, -0.2) is 4.98 Å². The molecule has 0 saturated heterocycles. The molecule has 24 heavy (non-hydrogen) atoms. The minimum Gasteiger partial charge on any atom is -0.475 e. The van der Waals surface area contributed by atoms with Gasteiger partial charge < -0.3 is 19.5 Å². The minimum absolute atomic E-state index is 0.430. The van der Waals surface area contributed by atoms with E-state index in [2.05, 4.69) is 15.3 Å². The normalized spacial score (nSPS) is 11.5. The Balaban J connectivity index is 1.81. The topological polar surface area (TPSA) is 54.7 Å². The highest BCUT2D eigenvalue weighted by Gasteiger charge is 2.09. The molecule has 8 heteroatoms. The Morgan fingerprint density at radius 2 is 2.25 bits per heavy atom. The number of aromatic nitrogens is 2. The largest absolute Gasteiger partial charge is 0.475 e. The number of guanidine groups is 1. The number of nitrogens with one attached hydrogen (secondary N) is 1. The van der Waals surface area contributed by atoms with Gasteiger partial charge in [0.2, 0.25) is 5.88 Å². The van der Waals surface area contributed by atoms with Gasteiger partial charge in [0.1, 0.15) is 11.6 Å². The Morgan fingerprint density at radius 1 is 1.46 bits per heavy atom. The molecule has 0 radical (unpaired) electrons. The Morgan fingerprint density at radius 3 is 2.88 bits per heavy atom. The highest BCUT2D eigenvalue weighted by Crippen LogP contribution is 2.19. The predicted octanol–water partition coefficient (Wildman–Crippen LogP) is 2.81.